The zero-order chi connectivity index (χ0) is 36.4. The van der Waals surface area contributed by atoms with Crippen LogP contribution in [0.5, 0.6) is 0 Å². The Hall–Kier alpha value is -2.32. The van der Waals surface area contributed by atoms with Crippen molar-refractivity contribution in [2.75, 3.05) is 0 Å². The van der Waals surface area contributed by atoms with Gasteiger partial charge in [-0.3, -0.25) is 19.2 Å². The van der Waals surface area contributed by atoms with Crippen molar-refractivity contribution >= 4 is 23.5 Å². The quantitative estimate of drug-likeness (QED) is 0.312. The third-order valence-electron chi connectivity index (χ3n) is 12.7. The molecule has 4 saturated carbocycles. The molecule has 4 fully saturated rings. The van der Waals surface area contributed by atoms with Crippen molar-refractivity contribution in [3.05, 3.63) is 109 Å². The molecule has 0 N–H and O–H groups in total. The van der Waals surface area contributed by atoms with E-state index in [4.69, 9.17) is 9.47 Å². The number of Topliss-reactive ketones (excluding diaryl/α,β-unsaturated/α-hetero) is 2. The maximum Gasteiger partial charge on any atom is 2.00 e. The summed E-state index contributed by atoms with van der Waals surface area (Å²) in [5.41, 5.74) is -1.23. The van der Waals surface area contributed by atoms with Gasteiger partial charge in [-0.25, -0.2) is 0 Å². The Morgan fingerprint density at radius 3 is 1.18 bits per heavy atom. The van der Waals surface area contributed by atoms with Gasteiger partial charge in [0.25, 0.3) is 0 Å². The van der Waals surface area contributed by atoms with E-state index in [1.165, 1.54) is 13.8 Å². The van der Waals surface area contributed by atoms with Gasteiger partial charge in [0.1, 0.15) is 12.2 Å². The van der Waals surface area contributed by atoms with E-state index in [0.29, 0.717) is 23.0 Å². The molecule has 0 unspecified atom stereocenters. The van der Waals surface area contributed by atoms with Crippen LogP contribution in [0.4, 0.5) is 0 Å². The maximum atomic E-state index is 13.1. The number of ketones is 2. The first-order valence-electron chi connectivity index (χ1n) is 17.5. The van der Waals surface area contributed by atoms with Crippen molar-refractivity contribution < 1.29 is 55.9 Å². The van der Waals surface area contributed by atoms with Crippen LogP contribution in [0.1, 0.15) is 81.1 Å². The number of hydrogen-bond donors (Lipinski definition) is 0. The number of ether oxygens (including phenoxy) is 2. The van der Waals surface area contributed by atoms with Gasteiger partial charge in [-0.15, -0.1) is 0 Å². The summed E-state index contributed by atoms with van der Waals surface area (Å²) in [5.74, 6) is -0.508. The minimum absolute atomic E-state index is 0. The molecule has 0 aromatic carbocycles. The first-order valence-corrected chi connectivity index (χ1v) is 17.5. The third-order valence-corrected chi connectivity index (χ3v) is 12.7. The molecule has 9 heteroatoms. The summed E-state index contributed by atoms with van der Waals surface area (Å²) in [4.78, 5) is 50.8. The molecule has 51 heavy (non-hydrogen) atoms. The fourth-order valence-corrected chi connectivity index (χ4v) is 9.18. The molecule has 10 radical (unpaired) electrons. The monoisotopic (exact) mass is 732 g/mol. The van der Waals surface area contributed by atoms with Gasteiger partial charge in [-0.1, -0.05) is 64.8 Å². The number of fused-ring (bicyclic) bond motifs is 2. The Kier molecular flexibility index (Phi) is 9.31. The SMILES string of the molecule is CC1=C2C(=CC(C)(C)[C@@H]2OC(=O)[C]2[CH][CH][CH][CH]2)C(=O)[C@](C)([O-])C12CC2.CC1=C2C(=CC(C)(C)[C@@H]2OC(=O)[C]2[CH][CH][CH][CH]2)C(=O)[C@](C)([O-])C12CC2.[Fe+2]. The number of carbonyl (C=O) groups is 4. The molecule has 0 aromatic heterocycles. The van der Waals surface area contributed by atoms with Crippen LogP contribution in [0.15, 0.2) is 45.6 Å². The van der Waals surface area contributed by atoms with Crippen LogP contribution in [0.3, 0.4) is 0 Å². The largest absolute Gasteiger partial charge is 2.00 e. The fraction of sp³-hybridized carbons (Fsp3) is 0.476. The van der Waals surface area contributed by atoms with Crippen molar-refractivity contribution in [1.29, 1.82) is 0 Å². The summed E-state index contributed by atoms with van der Waals surface area (Å²) in [6.07, 6.45) is 19.5. The number of esters is 2. The summed E-state index contributed by atoms with van der Waals surface area (Å²) in [6.45, 7) is 14.7. The topological polar surface area (TPSA) is 133 Å². The van der Waals surface area contributed by atoms with Crippen LogP contribution in [-0.4, -0.2) is 46.9 Å². The Labute approximate surface area is 313 Å². The van der Waals surface area contributed by atoms with E-state index in [0.717, 1.165) is 48.0 Å². The number of rotatable bonds is 4. The van der Waals surface area contributed by atoms with Crippen molar-refractivity contribution in [1.82, 2.24) is 0 Å². The molecule has 8 rings (SSSR count). The average molecular weight is 733 g/mol. The number of carbonyl (C=O) groups excluding carboxylic acids is 4. The van der Waals surface area contributed by atoms with Crippen LogP contribution < -0.4 is 10.2 Å². The second kappa shape index (κ2) is 12.4. The van der Waals surface area contributed by atoms with Gasteiger partial charge in [0.05, 0.1) is 11.8 Å². The van der Waals surface area contributed by atoms with Crippen molar-refractivity contribution in [2.45, 2.75) is 104 Å². The second-order valence-corrected chi connectivity index (χ2v) is 16.6. The molecule has 0 saturated heterocycles. The molecule has 0 bridgehead atoms. The molecular formula is C42H44FeO8. The van der Waals surface area contributed by atoms with Crippen molar-refractivity contribution in [3.63, 3.8) is 0 Å². The second-order valence-electron chi connectivity index (χ2n) is 16.6. The van der Waals surface area contributed by atoms with Gasteiger partial charge in [0.2, 0.25) is 0 Å². The molecule has 268 valence electrons. The molecule has 0 amide bonds. The van der Waals surface area contributed by atoms with E-state index in [9.17, 15) is 29.4 Å². The minimum Gasteiger partial charge on any atom is -0.843 e. The van der Waals surface area contributed by atoms with E-state index < -0.39 is 57.0 Å². The van der Waals surface area contributed by atoms with Gasteiger partial charge in [-0.05, 0) is 113 Å². The maximum absolute atomic E-state index is 13.1. The molecule has 4 atom stereocenters. The van der Waals surface area contributed by atoms with Gasteiger partial charge in [0, 0.05) is 33.1 Å². The standard InChI is InChI=1S/2C21H22O4.Fe/c2*1-12-15-14(16(22)20(4,24)21(12)9-10-21)11-19(2,3)17(15)25-18(23)13-7-5-6-8-13;/h2*5-8,11,17H,9-10H2,1-4H3;/q2*-1;+2/t2*17-,20+;/m11./s1. The van der Waals surface area contributed by atoms with E-state index in [1.54, 1.807) is 51.4 Å². The van der Waals surface area contributed by atoms with E-state index in [1.807, 2.05) is 53.7 Å². The molecule has 8 aliphatic carbocycles. The molecular weight excluding hydrogens is 688 g/mol. The van der Waals surface area contributed by atoms with Gasteiger partial charge in [0.15, 0.2) is 11.6 Å². The predicted molar refractivity (Wildman–Crippen MR) is 180 cm³/mol. The van der Waals surface area contributed by atoms with Crippen molar-refractivity contribution in [3.8, 4) is 0 Å². The third kappa shape index (κ3) is 5.57. The Bertz CT molecular complexity index is 1560. The molecule has 0 aliphatic heterocycles. The van der Waals surface area contributed by atoms with E-state index in [2.05, 4.69) is 0 Å². The van der Waals surface area contributed by atoms with Gasteiger partial charge in [-0.2, -0.15) is 0 Å². The molecule has 8 nitrogen and oxygen atoms in total. The van der Waals surface area contributed by atoms with Crippen LogP contribution in [-0.2, 0) is 45.7 Å². The van der Waals surface area contributed by atoms with E-state index in [-0.39, 0.29) is 28.6 Å². The molecule has 0 heterocycles. The summed E-state index contributed by atoms with van der Waals surface area (Å²) in [5, 5.41) is 26.2. The first kappa shape index (κ1) is 38.4. The molecule has 0 aromatic rings. The molecule has 2 spiro atoms. The van der Waals surface area contributed by atoms with Crippen LogP contribution in [0.25, 0.3) is 0 Å². The summed E-state index contributed by atoms with van der Waals surface area (Å²) in [6, 6.07) is 0. The minimum atomic E-state index is -1.63. The summed E-state index contributed by atoms with van der Waals surface area (Å²) in [7, 11) is 0. The van der Waals surface area contributed by atoms with Crippen LogP contribution in [0, 0.1) is 84.9 Å². The normalized spacial score (nSPS) is 35.1. The van der Waals surface area contributed by atoms with Crippen LogP contribution in [0.2, 0.25) is 0 Å². The van der Waals surface area contributed by atoms with Crippen LogP contribution >= 0.6 is 0 Å². The Balaban J connectivity index is 0.000000172. The fourth-order valence-electron chi connectivity index (χ4n) is 9.18. The predicted octanol–water partition coefficient (Wildman–Crippen LogP) is 4.13. The number of hydrogen-bond acceptors (Lipinski definition) is 8. The average Bonchev–Trinajstić information content (AvgIpc) is 3.82. The van der Waals surface area contributed by atoms with E-state index >= 15 is 0 Å². The summed E-state index contributed by atoms with van der Waals surface area (Å²) >= 11 is 0. The first-order chi connectivity index (χ1) is 23.2. The smallest absolute Gasteiger partial charge is 0.843 e. The Morgan fingerprint density at radius 1 is 0.608 bits per heavy atom. The molecule has 8 aliphatic rings. The zero-order valence-electron chi connectivity index (χ0n) is 30.4. The van der Waals surface area contributed by atoms with Gasteiger partial charge >= 0.3 is 29.0 Å². The zero-order valence-corrected chi connectivity index (χ0v) is 31.5. The van der Waals surface area contributed by atoms with Gasteiger partial charge < -0.3 is 19.7 Å². The summed E-state index contributed by atoms with van der Waals surface area (Å²) < 4.78 is 11.7. The van der Waals surface area contributed by atoms with Crippen molar-refractivity contribution in [2.24, 2.45) is 21.7 Å². The Morgan fingerprint density at radius 2 is 0.902 bits per heavy atom.